The van der Waals surface area contributed by atoms with Crippen LogP contribution >= 0.6 is 0 Å². The minimum atomic E-state index is 0.263. The molecule has 1 saturated heterocycles. The van der Waals surface area contributed by atoms with Crippen molar-refractivity contribution in [2.24, 2.45) is 5.41 Å². The van der Waals surface area contributed by atoms with Crippen molar-refractivity contribution in [3.63, 3.8) is 0 Å². The molecule has 1 heterocycles. The van der Waals surface area contributed by atoms with Gasteiger partial charge in [-0.05, 0) is 64.7 Å². The van der Waals surface area contributed by atoms with Gasteiger partial charge in [-0.25, -0.2) is 0 Å². The van der Waals surface area contributed by atoms with Gasteiger partial charge in [0.15, 0.2) is 0 Å². The van der Waals surface area contributed by atoms with E-state index in [1.165, 1.54) is 45.1 Å². The van der Waals surface area contributed by atoms with E-state index in [1.54, 1.807) is 0 Å². The topological polar surface area (TPSA) is 21.3 Å². The third kappa shape index (κ3) is 3.74. The summed E-state index contributed by atoms with van der Waals surface area (Å²) < 4.78 is 5.70. The summed E-state index contributed by atoms with van der Waals surface area (Å²) in [5.74, 6) is 0. The first-order valence-corrected chi connectivity index (χ1v) is 6.86. The van der Waals surface area contributed by atoms with Crippen molar-refractivity contribution < 1.29 is 4.74 Å². The lowest BCUT2D eigenvalue weighted by Crippen LogP contribution is -2.39. The van der Waals surface area contributed by atoms with E-state index in [9.17, 15) is 0 Å². The lowest BCUT2D eigenvalue weighted by molar-refractivity contribution is 0.0962. The van der Waals surface area contributed by atoms with Crippen molar-refractivity contribution in [1.82, 2.24) is 5.32 Å². The van der Waals surface area contributed by atoms with E-state index in [0.717, 1.165) is 6.61 Å². The van der Waals surface area contributed by atoms with E-state index in [4.69, 9.17) is 4.74 Å². The van der Waals surface area contributed by atoms with Crippen molar-refractivity contribution in [1.29, 1.82) is 0 Å². The SMILES string of the molecule is CC(C)(C)NCC1(CCC2CCCO2)CC1. The lowest BCUT2D eigenvalue weighted by atomic mass is 9.95. The first-order valence-electron chi connectivity index (χ1n) is 6.86. The molecule has 1 atom stereocenters. The smallest absolute Gasteiger partial charge is 0.0576 e. The first kappa shape index (κ1) is 12.4. The van der Waals surface area contributed by atoms with Crippen molar-refractivity contribution >= 4 is 0 Å². The van der Waals surface area contributed by atoms with Crippen LogP contribution < -0.4 is 5.32 Å². The predicted octanol–water partition coefficient (Wildman–Crippen LogP) is 3.11. The van der Waals surface area contributed by atoms with Crippen molar-refractivity contribution in [3.8, 4) is 0 Å². The van der Waals surface area contributed by atoms with Crippen LogP contribution in [0.25, 0.3) is 0 Å². The highest BCUT2D eigenvalue weighted by atomic mass is 16.5. The number of hydrogen-bond donors (Lipinski definition) is 1. The summed E-state index contributed by atoms with van der Waals surface area (Å²) >= 11 is 0. The van der Waals surface area contributed by atoms with E-state index in [-0.39, 0.29) is 5.54 Å². The predicted molar refractivity (Wildman–Crippen MR) is 67.6 cm³/mol. The van der Waals surface area contributed by atoms with Crippen LogP contribution in [0.4, 0.5) is 0 Å². The van der Waals surface area contributed by atoms with Crippen LogP contribution in [0.3, 0.4) is 0 Å². The molecule has 2 aliphatic rings. The highest BCUT2D eigenvalue weighted by molar-refractivity contribution is 4.96. The van der Waals surface area contributed by atoms with E-state index >= 15 is 0 Å². The fourth-order valence-electron chi connectivity index (χ4n) is 2.48. The average Bonchev–Trinajstić information content (AvgIpc) is 2.78. The van der Waals surface area contributed by atoms with Crippen LogP contribution in [-0.2, 0) is 4.74 Å². The van der Waals surface area contributed by atoms with Gasteiger partial charge in [-0.2, -0.15) is 0 Å². The van der Waals surface area contributed by atoms with Gasteiger partial charge in [0.05, 0.1) is 6.10 Å². The molecule has 0 radical (unpaired) electrons. The molecule has 2 fully saturated rings. The van der Waals surface area contributed by atoms with Gasteiger partial charge in [0.2, 0.25) is 0 Å². The van der Waals surface area contributed by atoms with Crippen LogP contribution in [-0.4, -0.2) is 24.8 Å². The maximum Gasteiger partial charge on any atom is 0.0576 e. The molecular weight excluding hydrogens is 198 g/mol. The quantitative estimate of drug-likeness (QED) is 0.776. The number of nitrogens with one attached hydrogen (secondary N) is 1. The standard InChI is InChI=1S/C14H27NO/c1-13(2,3)15-11-14(8-9-14)7-6-12-5-4-10-16-12/h12,15H,4-11H2,1-3H3. The molecule has 2 nitrogen and oxygen atoms in total. The zero-order valence-electron chi connectivity index (χ0n) is 11.1. The molecule has 0 spiro atoms. The fourth-order valence-corrected chi connectivity index (χ4v) is 2.48. The Morgan fingerprint density at radius 3 is 2.56 bits per heavy atom. The Kier molecular flexibility index (Phi) is 3.60. The molecule has 2 heteroatoms. The molecule has 1 unspecified atom stereocenters. The van der Waals surface area contributed by atoms with E-state index in [0.29, 0.717) is 11.5 Å². The maximum atomic E-state index is 5.70. The Balaban J connectivity index is 1.67. The largest absolute Gasteiger partial charge is 0.378 e. The molecule has 0 aromatic rings. The number of hydrogen-bond acceptors (Lipinski definition) is 2. The molecule has 16 heavy (non-hydrogen) atoms. The third-order valence-electron chi connectivity index (χ3n) is 3.97. The molecule has 1 aliphatic carbocycles. The second-order valence-corrected chi connectivity index (χ2v) is 6.78. The van der Waals surface area contributed by atoms with Crippen molar-refractivity contribution in [2.45, 2.75) is 70.9 Å². The highest BCUT2D eigenvalue weighted by Crippen LogP contribution is 2.50. The van der Waals surface area contributed by atoms with Crippen LogP contribution in [0, 0.1) is 5.41 Å². The normalized spacial score (nSPS) is 28.3. The highest BCUT2D eigenvalue weighted by Gasteiger charge is 2.42. The summed E-state index contributed by atoms with van der Waals surface area (Å²) in [5, 5.41) is 3.66. The van der Waals surface area contributed by atoms with Gasteiger partial charge in [0.25, 0.3) is 0 Å². The van der Waals surface area contributed by atoms with Crippen molar-refractivity contribution in [2.75, 3.05) is 13.2 Å². The maximum absolute atomic E-state index is 5.70. The van der Waals surface area contributed by atoms with Gasteiger partial charge in [-0.15, -0.1) is 0 Å². The van der Waals surface area contributed by atoms with Gasteiger partial charge in [-0.3, -0.25) is 0 Å². The third-order valence-corrected chi connectivity index (χ3v) is 3.97. The molecule has 0 amide bonds. The molecular formula is C14H27NO. The summed E-state index contributed by atoms with van der Waals surface area (Å²) in [4.78, 5) is 0. The zero-order valence-corrected chi connectivity index (χ0v) is 11.1. The van der Waals surface area contributed by atoms with Gasteiger partial charge in [-0.1, -0.05) is 0 Å². The minimum absolute atomic E-state index is 0.263. The zero-order chi connectivity index (χ0) is 11.6. The van der Waals surface area contributed by atoms with Gasteiger partial charge < -0.3 is 10.1 Å². The fraction of sp³-hybridized carbons (Fsp3) is 1.00. The minimum Gasteiger partial charge on any atom is -0.378 e. The Labute approximate surface area is 100 Å². The summed E-state index contributed by atoms with van der Waals surface area (Å²) in [6.45, 7) is 8.95. The van der Waals surface area contributed by atoms with Gasteiger partial charge in [0.1, 0.15) is 0 Å². The summed E-state index contributed by atoms with van der Waals surface area (Å²) in [6.07, 6.45) is 8.63. The molecule has 1 saturated carbocycles. The molecule has 94 valence electrons. The number of rotatable bonds is 5. The molecule has 0 aromatic carbocycles. The van der Waals surface area contributed by atoms with Gasteiger partial charge in [0, 0.05) is 18.7 Å². The average molecular weight is 225 g/mol. The summed E-state index contributed by atoms with van der Waals surface area (Å²) in [6, 6.07) is 0. The van der Waals surface area contributed by atoms with E-state index in [1.807, 2.05) is 0 Å². The van der Waals surface area contributed by atoms with Crippen LogP contribution in [0.2, 0.25) is 0 Å². The van der Waals surface area contributed by atoms with E-state index < -0.39 is 0 Å². The Morgan fingerprint density at radius 1 is 1.31 bits per heavy atom. The van der Waals surface area contributed by atoms with Crippen LogP contribution in [0.1, 0.15) is 59.3 Å². The molecule has 0 aromatic heterocycles. The Hall–Kier alpha value is -0.0800. The Morgan fingerprint density at radius 2 is 2.06 bits per heavy atom. The van der Waals surface area contributed by atoms with Gasteiger partial charge >= 0.3 is 0 Å². The van der Waals surface area contributed by atoms with Crippen molar-refractivity contribution in [3.05, 3.63) is 0 Å². The first-order chi connectivity index (χ1) is 7.49. The monoisotopic (exact) mass is 225 g/mol. The van der Waals surface area contributed by atoms with Crippen LogP contribution in [0.15, 0.2) is 0 Å². The second kappa shape index (κ2) is 4.66. The number of ether oxygens (including phenoxy) is 1. The molecule has 1 aliphatic heterocycles. The lowest BCUT2D eigenvalue weighted by Gasteiger charge is -2.25. The second-order valence-electron chi connectivity index (χ2n) is 6.78. The summed E-state index contributed by atoms with van der Waals surface area (Å²) in [5.41, 5.74) is 0.888. The molecule has 2 rings (SSSR count). The Bertz CT molecular complexity index is 221. The molecule has 1 N–H and O–H groups in total. The molecule has 0 bridgehead atoms. The van der Waals surface area contributed by atoms with Crippen LogP contribution in [0.5, 0.6) is 0 Å². The van der Waals surface area contributed by atoms with E-state index in [2.05, 4.69) is 26.1 Å². The summed E-state index contributed by atoms with van der Waals surface area (Å²) in [7, 11) is 0.